The fourth-order valence-electron chi connectivity index (χ4n) is 2.28. The van der Waals surface area contributed by atoms with E-state index in [2.05, 4.69) is 10.1 Å². The first-order chi connectivity index (χ1) is 11.9. The van der Waals surface area contributed by atoms with Gasteiger partial charge in [-0.2, -0.15) is 22.0 Å². The lowest BCUT2D eigenvalue weighted by Crippen LogP contribution is -2.57. The molecule has 2 aromatic rings. The molecule has 9 heteroatoms. The smallest absolute Gasteiger partial charge is 0.425 e. The second-order valence-corrected chi connectivity index (χ2v) is 6.08. The van der Waals surface area contributed by atoms with Crippen LogP contribution in [0.25, 0.3) is 10.8 Å². The molecule has 0 spiro atoms. The largest absolute Gasteiger partial charge is 0.437 e. The molecule has 142 valence electrons. The number of amides is 1. The second-order valence-electron chi connectivity index (χ2n) is 6.08. The summed E-state index contributed by atoms with van der Waals surface area (Å²) < 4.78 is 82.3. The predicted octanol–water partition coefficient (Wildman–Crippen LogP) is 5.70. The minimum atomic E-state index is -5.80. The van der Waals surface area contributed by atoms with Crippen LogP contribution < -0.4 is 5.32 Å². The van der Waals surface area contributed by atoms with Crippen molar-refractivity contribution in [3.05, 3.63) is 42.5 Å². The standard InChI is InChI=1S/C17H15F6NO2/c1-15(2,16(19,20)13(18)17(21,22)23)26-14(25)24-12-9-5-7-10-6-3-4-8-11(10)12/h3-9,13H,1-2H3,(H,24,25)/t13-/m1/s1. The molecule has 0 aliphatic rings. The van der Waals surface area contributed by atoms with Crippen LogP contribution >= 0.6 is 0 Å². The Morgan fingerprint density at radius 2 is 1.58 bits per heavy atom. The molecule has 0 radical (unpaired) electrons. The third kappa shape index (κ3) is 3.86. The van der Waals surface area contributed by atoms with Crippen molar-refractivity contribution in [1.29, 1.82) is 0 Å². The van der Waals surface area contributed by atoms with Crippen LogP contribution in [0.5, 0.6) is 0 Å². The van der Waals surface area contributed by atoms with Gasteiger partial charge in [-0.1, -0.05) is 36.4 Å². The molecule has 0 fully saturated rings. The highest BCUT2D eigenvalue weighted by Gasteiger charge is 2.65. The zero-order valence-corrected chi connectivity index (χ0v) is 13.7. The molecule has 1 amide bonds. The Labute approximate surface area is 144 Å². The van der Waals surface area contributed by atoms with Gasteiger partial charge in [0, 0.05) is 5.39 Å². The van der Waals surface area contributed by atoms with E-state index in [4.69, 9.17) is 0 Å². The van der Waals surface area contributed by atoms with Gasteiger partial charge in [0.1, 0.15) is 0 Å². The summed E-state index contributed by atoms with van der Waals surface area (Å²) in [6.45, 7) is 1.02. The van der Waals surface area contributed by atoms with Crippen molar-refractivity contribution < 1.29 is 35.9 Å². The van der Waals surface area contributed by atoms with Crippen molar-refractivity contribution in [2.24, 2.45) is 0 Å². The molecule has 0 saturated carbocycles. The molecular formula is C17H15F6NO2. The average molecular weight is 379 g/mol. The van der Waals surface area contributed by atoms with Gasteiger partial charge < -0.3 is 4.74 Å². The minimum Gasteiger partial charge on any atom is -0.437 e. The van der Waals surface area contributed by atoms with E-state index in [1.165, 1.54) is 6.07 Å². The third-order valence-corrected chi connectivity index (χ3v) is 3.78. The topological polar surface area (TPSA) is 38.3 Å². The fraction of sp³-hybridized carbons (Fsp3) is 0.353. The molecule has 0 heterocycles. The number of benzene rings is 2. The van der Waals surface area contributed by atoms with Crippen LogP contribution in [0.4, 0.5) is 36.8 Å². The summed E-state index contributed by atoms with van der Waals surface area (Å²) in [5.74, 6) is -4.98. The zero-order chi connectivity index (χ0) is 19.8. The number of anilines is 1. The molecule has 0 saturated heterocycles. The van der Waals surface area contributed by atoms with Gasteiger partial charge in [-0.3, -0.25) is 5.32 Å². The number of fused-ring (bicyclic) bond motifs is 1. The second kappa shape index (κ2) is 6.69. The SMILES string of the molecule is CC(C)(OC(=O)Nc1cccc2ccccc12)C(F)(F)[C@@H](F)C(F)(F)F. The van der Waals surface area contributed by atoms with Crippen molar-refractivity contribution in [2.75, 3.05) is 5.32 Å². The van der Waals surface area contributed by atoms with Crippen LogP contribution in [-0.4, -0.2) is 30.0 Å². The molecule has 2 aromatic carbocycles. The maximum atomic E-state index is 13.8. The molecule has 0 aliphatic heterocycles. The third-order valence-electron chi connectivity index (χ3n) is 3.78. The normalized spacial score (nSPS) is 14.2. The Hall–Kier alpha value is -2.45. The van der Waals surface area contributed by atoms with E-state index >= 15 is 0 Å². The van der Waals surface area contributed by atoms with Crippen LogP contribution in [0.15, 0.2) is 42.5 Å². The molecule has 2 rings (SSSR count). The maximum absolute atomic E-state index is 13.8. The van der Waals surface area contributed by atoms with Crippen molar-refractivity contribution in [3.8, 4) is 0 Å². The van der Waals surface area contributed by atoms with Crippen molar-refractivity contribution in [1.82, 2.24) is 0 Å². The number of ether oxygens (including phenoxy) is 1. The van der Waals surface area contributed by atoms with E-state index < -0.39 is 30.0 Å². The van der Waals surface area contributed by atoms with E-state index in [9.17, 15) is 31.1 Å². The van der Waals surface area contributed by atoms with Gasteiger partial charge in [0.05, 0.1) is 5.69 Å². The number of carbonyl (C=O) groups excluding carboxylic acids is 1. The fourth-order valence-corrected chi connectivity index (χ4v) is 2.28. The Morgan fingerprint density at radius 1 is 1.00 bits per heavy atom. The van der Waals surface area contributed by atoms with Crippen LogP contribution in [0.1, 0.15) is 13.8 Å². The molecule has 0 unspecified atom stereocenters. The lowest BCUT2D eigenvalue weighted by molar-refractivity contribution is -0.284. The average Bonchev–Trinajstić information content (AvgIpc) is 2.52. The Morgan fingerprint density at radius 3 is 2.19 bits per heavy atom. The van der Waals surface area contributed by atoms with Crippen LogP contribution in [0.3, 0.4) is 0 Å². The quantitative estimate of drug-likeness (QED) is 0.692. The monoisotopic (exact) mass is 379 g/mol. The Kier molecular flexibility index (Phi) is 5.12. The van der Waals surface area contributed by atoms with E-state index in [1.807, 2.05) is 0 Å². The zero-order valence-electron chi connectivity index (χ0n) is 13.7. The number of alkyl halides is 6. The number of carbonyl (C=O) groups is 1. The van der Waals surface area contributed by atoms with Crippen LogP contribution in [0, 0.1) is 0 Å². The van der Waals surface area contributed by atoms with Crippen molar-refractivity contribution >= 4 is 22.6 Å². The number of hydrogen-bond donors (Lipinski definition) is 1. The Balaban J connectivity index is 2.20. The van der Waals surface area contributed by atoms with Gasteiger partial charge in [0.15, 0.2) is 5.60 Å². The van der Waals surface area contributed by atoms with E-state index in [0.29, 0.717) is 19.2 Å². The first-order valence-electron chi connectivity index (χ1n) is 7.42. The first-order valence-corrected chi connectivity index (χ1v) is 7.42. The number of rotatable bonds is 4. The van der Waals surface area contributed by atoms with Crippen LogP contribution in [-0.2, 0) is 4.74 Å². The summed E-state index contributed by atoms with van der Waals surface area (Å²) in [5.41, 5.74) is -2.84. The van der Waals surface area contributed by atoms with Gasteiger partial charge in [0.25, 0.3) is 6.17 Å². The van der Waals surface area contributed by atoms with Gasteiger partial charge in [-0.05, 0) is 25.3 Å². The van der Waals surface area contributed by atoms with E-state index in [0.717, 1.165) is 5.39 Å². The molecule has 26 heavy (non-hydrogen) atoms. The number of hydrogen-bond acceptors (Lipinski definition) is 2. The highest BCUT2D eigenvalue weighted by atomic mass is 19.4. The highest BCUT2D eigenvalue weighted by Crippen LogP contribution is 2.43. The highest BCUT2D eigenvalue weighted by molar-refractivity contribution is 6.00. The molecule has 1 N–H and O–H groups in total. The molecule has 0 aliphatic carbocycles. The minimum absolute atomic E-state index is 0.208. The molecule has 1 atom stereocenters. The Bertz CT molecular complexity index is 798. The summed E-state index contributed by atoms with van der Waals surface area (Å²) in [6.07, 6.45) is -11.7. The van der Waals surface area contributed by atoms with E-state index in [1.54, 1.807) is 36.4 Å². The summed E-state index contributed by atoms with van der Waals surface area (Å²) in [6, 6.07) is 11.6. The van der Waals surface area contributed by atoms with Crippen LogP contribution in [0.2, 0.25) is 0 Å². The lowest BCUT2D eigenvalue weighted by Gasteiger charge is -2.35. The number of nitrogens with one attached hydrogen (secondary N) is 1. The molecular weight excluding hydrogens is 364 g/mol. The molecule has 3 nitrogen and oxygen atoms in total. The summed E-state index contributed by atoms with van der Waals surface area (Å²) >= 11 is 0. The summed E-state index contributed by atoms with van der Waals surface area (Å²) in [4.78, 5) is 11.9. The van der Waals surface area contributed by atoms with Gasteiger partial charge in [0.2, 0.25) is 0 Å². The van der Waals surface area contributed by atoms with Gasteiger partial charge in [-0.15, -0.1) is 0 Å². The van der Waals surface area contributed by atoms with Gasteiger partial charge in [-0.25, -0.2) is 9.18 Å². The van der Waals surface area contributed by atoms with Crippen molar-refractivity contribution in [2.45, 2.75) is 37.7 Å². The van der Waals surface area contributed by atoms with E-state index in [-0.39, 0.29) is 5.69 Å². The molecule has 0 bridgehead atoms. The lowest BCUT2D eigenvalue weighted by atomic mass is 9.95. The molecule has 0 aromatic heterocycles. The predicted molar refractivity (Wildman–Crippen MR) is 84.0 cm³/mol. The summed E-state index contributed by atoms with van der Waals surface area (Å²) in [7, 11) is 0. The first kappa shape index (κ1) is 19.9. The van der Waals surface area contributed by atoms with Gasteiger partial charge >= 0.3 is 18.2 Å². The van der Waals surface area contributed by atoms with Crippen molar-refractivity contribution in [3.63, 3.8) is 0 Å². The maximum Gasteiger partial charge on any atom is 0.425 e. The number of halogens is 6. The summed E-state index contributed by atoms with van der Waals surface area (Å²) in [5, 5.41) is 3.49.